The van der Waals surface area contributed by atoms with Crippen LogP contribution in [0, 0.1) is 13.8 Å². The quantitative estimate of drug-likeness (QED) is 0.891. The third-order valence-electron chi connectivity index (χ3n) is 3.72. The van der Waals surface area contributed by atoms with Crippen molar-refractivity contribution < 1.29 is 9.59 Å². The van der Waals surface area contributed by atoms with Gasteiger partial charge in [0.2, 0.25) is 5.91 Å². The summed E-state index contributed by atoms with van der Waals surface area (Å²) in [6.07, 6.45) is 0.839. The van der Waals surface area contributed by atoms with E-state index in [1.807, 2.05) is 63.2 Å². The molecule has 0 aliphatic heterocycles. The van der Waals surface area contributed by atoms with Crippen molar-refractivity contribution in [3.63, 3.8) is 0 Å². The standard InChI is InChI=1S/C19H22N2O2/c1-4-15-7-5-6-8-17(15)21-18(22)12-20-19(23)16-11-13(2)9-10-14(16)3/h5-11H,4,12H2,1-3H3,(H,20,23)(H,21,22). The van der Waals surface area contributed by atoms with Gasteiger partial charge in [-0.25, -0.2) is 0 Å². The Hall–Kier alpha value is -2.62. The minimum Gasteiger partial charge on any atom is -0.343 e. The van der Waals surface area contributed by atoms with E-state index in [4.69, 9.17) is 0 Å². The predicted molar refractivity (Wildman–Crippen MR) is 92.7 cm³/mol. The lowest BCUT2D eigenvalue weighted by Crippen LogP contribution is -2.33. The molecular weight excluding hydrogens is 288 g/mol. The molecule has 0 atom stereocenters. The first-order valence-corrected chi connectivity index (χ1v) is 7.74. The summed E-state index contributed by atoms with van der Waals surface area (Å²) in [4.78, 5) is 24.2. The molecule has 4 heteroatoms. The van der Waals surface area contributed by atoms with Gasteiger partial charge in [0.05, 0.1) is 6.54 Å². The van der Waals surface area contributed by atoms with Gasteiger partial charge in [0.15, 0.2) is 0 Å². The van der Waals surface area contributed by atoms with Crippen molar-refractivity contribution in [3.8, 4) is 0 Å². The van der Waals surface area contributed by atoms with Crippen LogP contribution in [0.25, 0.3) is 0 Å². The van der Waals surface area contributed by atoms with Crippen LogP contribution >= 0.6 is 0 Å². The van der Waals surface area contributed by atoms with Gasteiger partial charge in [-0.05, 0) is 43.5 Å². The molecular formula is C19H22N2O2. The fourth-order valence-corrected chi connectivity index (χ4v) is 2.38. The fraction of sp³-hybridized carbons (Fsp3) is 0.263. The first kappa shape index (κ1) is 16.7. The molecule has 0 radical (unpaired) electrons. The number of benzene rings is 2. The van der Waals surface area contributed by atoms with E-state index in [0.717, 1.165) is 28.8 Å². The summed E-state index contributed by atoms with van der Waals surface area (Å²) in [6, 6.07) is 13.4. The molecule has 2 aromatic carbocycles. The van der Waals surface area contributed by atoms with Gasteiger partial charge in [-0.1, -0.05) is 42.8 Å². The maximum atomic E-state index is 12.2. The molecule has 0 spiro atoms. The Morgan fingerprint density at radius 3 is 2.52 bits per heavy atom. The maximum absolute atomic E-state index is 12.2. The van der Waals surface area contributed by atoms with Crippen molar-refractivity contribution in [1.29, 1.82) is 0 Å². The van der Waals surface area contributed by atoms with Gasteiger partial charge < -0.3 is 10.6 Å². The highest BCUT2D eigenvalue weighted by atomic mass is 16.2. The second-order valence-corrected chi connectivity index (χ2v) is 5.56. The van der Waals surface area contributed by atoms with Crippen molar-refractivity contribution in [2.45, 2.75) is 27.2 Å². The van der Waals surface area contributed by atoms with Gasteiger partial charge in [0.25, 0.3) is 5.91 Å². The van der Waals surface area contributed by atoms with Gasteiger partial charge in [0.1, 0.15) is 0 Å². The molecule has 120 valence electrons. The van der Waals surface area contributed by atoms with Gasteiger partial charge in [-0.2, -0.15) is 0 Å². The second kappa shape index (κ2) is 7.58. The Balaban J connectivity index is 1.96. The van der Waals surface area contributed by atoms with E-state index < -0.39 is 0 Å². The zero-order valence-electron chi connectivity index (χ0n) is 13.8. The van der Waals surface area contributed by atoms with E-state index in [1.165, 1.54) is 0 Å². The van der Waals surface area contributed by atoms with Gasteiger partial charge in [-0.15, -0.1) is 0 Å². The van der Waals surface area contributed by atoms with Gasteiger partial charge >= 0.3 is 0 Å². The van der Waals surface area contributed by atoms with Crippen LogP contribution in [0.4, 0.5) is 5.69 Å². The third kappa shape index (κ3) is 4.42. The highest BCUT2D eigenvalue weighted by molar-refractivity contribution is 6.00. The SMILES string of the molecule is CCc1ccccc1NC(=O)CNC(=O)c1cc(C)ccc1C. The molecule has 0 fully saturated rings. The number of hydrogen-bond donors (Lipinski definition) is 2. The molecule has 0 saturated heterocycles. The summed E-state index contributed by atoms with van der Waals surface area (Å²) in [7, 11) is 0. The zero-order chi connectivity index (χ0) is 16.8. The Morgan fingerprint density at radius 1 is 1.04 bits per heavy atom. The Bertz CT molecular complexity index is 723. The summed E-state index contributed by atoms with van der Waals surface area (Å²) in [5.41, 5.74) is 4.38. The minimum atomic E-state index is -0.232. The first-order chi connectivity index (χ1) is 11.0. The van der Waals surface area contributed by atoms with E-state index in [2.05, 4.69) is 10.6 Å². The Labute approximate surface area is 136 Å². The van der Waals surface area contributed by atoms with Crippen molar-refractivity contribution in [3.05, 3.63) is 64.7 Å². The number of anilines is 1. The van der Waals surface area contributed by atoms with Crippen LogP contribution in [0.15, 0.2) is 42.5 Å². The molecule has 0 saturated carbocycles. The number of rotatable bonds is 5. The van der Waals surface area contributed by atoms with E-state index >= 15 is 0 Å². The first-order valence-electron chi connectivity index (χ1n) is 7.74. The molecule has 2 amide bonds. The highest BCUT2D eigenvalue weighted by Crippen LogP contribution is 2.15. The number of carbonyl (C=O) groups is 2. The molecule has 23 heavy (non-hydrogen) atoms. The van der Waals surface area contributed by atoms with Crippen LogP contribution in [0.1, 0.15) is 34.0 Å². The molecule has 2 N–H and O–H groups in total. The predicted octanol–water partition coefficient (Wildman–Crippen LogP) is 3.23. The van der Waals surface area contributed by atoms with Crippen LogP contribution in [-0.2, 0) is 11.2 Å². The molecule has 0 unspecified atom stereocenters. The lowest BCUT2D eigenvalue weighted by atomic mass is 10.1. The van der Waals surface area contributed by atoms with Gasteiger partial charge in [-0.3, -0.25) is 9.59 Å². The lowest BCUT2D eigenvalue weighted by Gasteiger charge is -2.11. The van der Waals surface area contributed by atoms with Crippen molar-refractivity contribution >= 4 is 17.5 Å². The van der Waals surface area contributed by atoms with Crippen molar-refractivity contribution in [1.82, 2.24) is 5.32 Å². The molecule has 2 aromatic rings. The molecule has 0 aromatic heterocycles. The molecule has 4 nitrogen and oxygen atoms in total. The summed E-state index contributed by atoms with van der Waals surface area (Å²) >= 11 is 0. The molecule has 0 heterocycles. The number of aryl methyl sites for hydroxylation is 3. The van der Waals surface area contributed by atoms with Crippen LogP contribution in [0.2, 0.25) is 0 Å². The monoisotopic (exact) mass is 310 g/mol. The van der Waals surface area contributed by atoms with Crippen molar-refractivity contribution in [2.75, 3.05) is 11.9 Å². The van der Waals surface area contributed by atoms with Gasteiger partial charge in [0, 0.05) is 11.3 Å². The second-order valence-electron chi connectivity index (χ2n) is 5.56. The minimum absolute atomic E-state index is 0.0513. The van der Waals surface area contributed by atoms with Crippen LogP contribution in [-0.4, -0.2) is 18.4 Å². The van der Waals surface area contributed by atoms with Crippen LogP contribution in [0.5, 0.6) is 0 Å². The smallest absolute Gasteiger partial charge is 0.251 e. The number of para-hydroxylation sites is 1. The molecule has 0 bridgehead atoms. The summed E-state index contributed by atoms with van der Waals surface area (Å²) in [5.74, 6) is -0.463. The molecule has 2 rings (SSSR count). The number of hydrogen-bond acceptors (Lipinski definition) is 2. The van der Waals surface area contributed by atoms with E-state index in [9.17, 15) is 9.59 Å². The Kier molecular flexibility index (Phi) is 5.52. The van der Waals surface area contributed by atoms with Crippen LogP contribution in [0.3, 0.4) is 0 Å². The van der Waals surface area contributed by atoms with Crippen LogP contribution < -0.4 is 10.6 Å². The summed E-state index contributed by atoms with van der Waals surface area (Å²) in [6.45, 7) is 5.80. The molecule has 0 aliphatic carbocycles. The van der Waals surface area contributed by atoms with E-state index in [0.29, 0.717) is 5.56 Å². The van der Waals surface area contributed by atoms with Crippen molar-refractivity contribution in [2.24, 2.45) is 0 Å². The average molecular weight is 310 g/mol. The fourth-order valence-electron chi connectivity index (χ4n) is 2.38. The summed E-state index contributed by atoms with van der Waals surface area (Å²) < 4.78 is 0. The maximum Gasteiger partial charge on any atom is 0.251 e. The zero-order valence-corrected chi connectivity index (χ0v) is 13.8. The number of nitrogens with one attached hydrogen (secondary N) is 2. The van der Waals surface area contributed by atoms with E-state index in [-0.39, 0.29) is 18.4 Å². The topological polar surface area (TPSA) is 58.2 Å². The Morgan fingerprint density at radius 2 is 1.78 bits per heavy atom. The molecule has 0 aliphatic rings. The number of carbonyl (C=O) groups excluding carboxylic acids is 2. The van der Waals surface area contributed by atoms with E-state index in [1.54, 1.807) is 0 Å². The normalized spacial score (nSPS) is 10.2. The summed E-state index contributed by atoms with van der Waals surface area (Å²) in [5, 5.41) is 5.51. The number of amides is 2. The average Bonchev–Trinajstić information content (AvgIpc) is 2.55. The lowest BCUT2D eigenvalue weighted by molar-refractivity contribution is -0.115. The largest absolute Gasteiger partial charge is 0.343 e. The third-order valence-corrected chi connectivity index (χ3v) is 3.72. The highest BCUT2D eigenvalue weighted by Gasteiger charge is 2.11.